The molecule has 0 unspecified atom stereocenters. The Labute approximate surface area is 258 Å². The van der Waals surface area contributed by atoms with Crippen molar-refractivity contribution in [2.24, 2.45) is 17.8 Å². The predicted octanol–water partition coefficient (Wildman–Crippen LogP) is 6.15. The second kappa shape index (κ2) is 12.3. The second-order valence-corrected chi connectivity index (χ2v) is 13.2. The number of amides is 2. The van der Waals surface area contributed by atoms with Gasteiger partial charge in [0.1, 0.15) is 17.3 Å². The molecule has 13 heteroatoms. The van der Waals surface area contributed by atoms with Gasteiger partial charge in [0.2, 0.25) is 5.91 Å². The van der Waals surface area contributed by atoms with Crippen LogP contribution >= 0.6 is 0 Å². The van der Waals surface area contributed by atoms with Gasteiger partial charge in [-0.3, -0.25) is 9.59 Å². The molecule has 4 atom stereocenters. The lowest BCUT2D eigenvalue weighted by molar-refractivity contribution is -0.122. The molecule has 2 N–H and O–H groups in total. The minimum absolute atomic E-state index is 0.00209. The number of hydrogen-bond donors (Lipinski definition) is 2. The summed E-state index contributed by atoms with van der Waals surface area (Å²) < 4.78 is 89.0. The number of sulfone groups is 1. The van der Waals surface area contributed by atoms with Crippen molar-refractivity contribution in [2.45, 2.75) is 49.1 Å². The number of rotatable bonds is 9. The van der Waals surface area contributed by atoms with Gasteiger partial charge in [-0.25, -0.2) is 12.8 Å². The normalized spacial score (nSPS) is 21.0. The van der Waals surface area contributed by atoms with E-state index in [9.17, 15) is 31.2 Å². The van der Waals surface area contributed by atoms with Gasteiger partial charge in [0.15, 0.2) is 0 Å². The maximum atomic E-state index is 15.2. The summed E-state index contributed by atoms with van der Waals surface area (Å²) in [4.78, 5) is 26.2. The largest absolute Gasteiger partial charge is 0.501 e. The summed E-state index contributed by atoms with van der Waals surface area (Å²) in [6, 6.07) is 11.1. The number of ether oxygens (including phenoxy) is 2. The van der Waals surface area contributed by atoms with Gasteiger partial charge in [-0.15, -0.1) is 0 Å². The van der Waals surface area contributed by atoms with Gasteiger partial charge in [-0.05, 0) is 79.0 Å². The van der Waals surface area contributed by atoms with Crippen LogP contribution in [0.2, 0.25) is 0 Å². The molecule has 45 heavy (non-hydrogen) atoms. The molecule has 3 aromatic carbocycles. The van der Waals surface area contributed by atoms with Crippen LogP contribution in [0.25, 0.3) is 11.1 Å². The third-order valence-electron chi connectivity index (χ3n) is 8.75. The van der Waals surface area contributed by atoms with E-state index >= 15 is 4.39 Å². The Balaban J connectivity index is 1.41. The Bertz CT molecular complexity index is 1740. The molecule has 2 bridgehead atoms. The van der Waals surface area contributed by atoms with Gasteiger partial charge >= 0.3 is 5.51 Å². The van der Waals surface area contributed by atoms with Crippen molar-refractivity contribution < 1.29 is 45.0 Å². The highest BCUT2D eigenvalue weighted by Gasteiger charge is 2.52. The van der Waals surface area contributed by atoms with Crippen LogP contribution in [0.5, 0.6) is 11.5 Å². The van der Waals surface area contributed by atoms with E-state index in [0.717, 1.165) is 42.7 Å². The number of methoxy groups -OCH3 is 2. The molecule has 240 valence electrons. The molecule has 2 saturated carbocycles. The second-order valence-electron chi connectivity index (χ2n) is 11.2. The van der Waals surface area contributed by atoms with Crippen molar-refractivity contribution in [3.8, 4) is 22.6 Å². The average Bonchev–Trinajstić information content (AvgIpc) is 3.62. The summed E-state index contributed by atoms with van der Waals surface area (Å²) in [5.41, 5.74) is -3.99. The Hall–Kier alpha value is -4.13. The van der Waals surface area contributed by atoms with Crippen molar-refractivity contribution >= 4 is 27.3 Å². The van der Waals surface area contributed by atoms with E-state index < -0.39 is 49.8 Å². The SMILES string of the molecule is CCc1ccc(-c2cc(C(=O)N[C@@H]3[C@H]4CC[C@H](C4)[C@@H]3C(=O)Nc3cccc(S(=O)(=O)C(F)(F)F)c3)c(OC)cc2F)cc1OC. The first kappa shape index (κ1) is 32.3. The van der Waals surface area contributed by atoms with Gasteiger partial charge in [-0.1, -0.05) is 25.1 Å². The number of benzene rings is 3. The van der Waals surface area contributed by atoms with Crippen molar-refractivity contribution in [3.63, 3.8) is 0 Å². The molecular weight excluding hydrogens is 616 g/mol. The van der Waals surface area contributed by atoms with Gasteiger partial charge in [0, 0.05) is 23.4 Å². The van der Waals surface area contributed by atoms with Crippen molar-refractivity contribution in [3.05, 3.63) is 71.5 Å². The molecule has 2 amide bonds. The summed E-state index contributed by atoms with van der Waals surface area (Å²) in [5, 5.41) is 5.49. The molecule has 8 nitrogen and oxygen atoms in total. The van der Waals surface area contributed by atoms with Crippen LogP contribution in [0.1, 0.15) is 42.1 Å². The maximum absolute atomic E-state index is 15.2. The molecule has 0 spiro atoms. The fraction of sp³-hybridized carbons (Fsp3) is 0.375. The smallest absolute Gasteiger partial charge is 0.496 e. The summed E-state index contributed by atoms with van der Waals surface area (Å²) >= 11 is 0. The number of anilines is 1. The predicted molar refractivity (Wildman–Crippen MR) is 158 cm³/mol. The number of halogens is 4. The zero-order valence-corrected chi connectivity index (χ0v) is 25.5. The van der Waals surface area contributed by atoms with Crippen LogP contribution < -0.4 is 20.1 Å². The Morgan fingerprint density at radius 3 is 2.33 bits per heavy atom. The highest BCUT2D eigenvalue weighted by molar-refractivity contribution is 7.92. The molecule has 2 aliphatic carbocycles. The van der Waals surface area contributed by atoms with Crippen LogP contribution in [0, 0.1) is 23.6 Å². The Morgan fingerprint density at radius 2 is 1.67 bits per heavy atom. The van der Waals surface area contributed by atoms with Crippen LogP contribution in [-0.4, -0.2) is 46.0 Å². The quantitative estimate of drug-likeness (QED) is 0.270. The molecule has 0 radical (unpaired) electrons. The zero-order valence-electron chi connectivity index (χ0n) is 24.7. The summed E-state index contributed by atoms with van der Waals surface area (Å²) in [7, 11) is -2.79. The molecule has 0 aromatic heterocycles. The Morgan fingerprint density at radius 1 is 0.956 bits per heavy atom. The average molecular weight is 649 g/mol. The number of aryl methyl sites for hydroxylation is 1. The van der Waals surface area contributed by atoms with Crippen molar-refractivity contribution in [1.82, 2.24) is 5.32 Å². The van der Waals surface area contributed by atoms with Crippen LogP contribution in [0.3, 0.4) is 0 Å². The van der Waals surface area contributed by atoms with Gasteiger partial charge in [-0.2, -0.15) is 13.2 Å². The summed E-state index contributed by atoms with van der Waals surface area (Å²) in [6.45, 7) is 1.96. The number of carbonyl (C=O) groups excluding carboxylic acids is 2. The topological polar surface area (TPSA) is 111 Å². The van der Waals surface area contributed by atoms with Crippen LogP contribution in [0.4, 0.5) is 23.2 Å². The van der Waals surface area contributed by atoms with E-state index in [0.29, 0.717) is 24.2 Å². The lowest BCUT2D eigenvalue weighted by Gasteiger charge is -2.31. The standard InChI is InChI=1S/C32H32F4N2O6S/c1-4-17-8-9-18(13-26(17)43-2)23-15-24(27(44-3)16-25(23)33)30(39)38-29-20-11-10-19(12-20)28(29)31(40)37-21-6-5-7-22(14-21)45(41,42)32(34,35)36/h5-9,13-16,19-20,28-29H,4,10-12H2,1-3H3,(H,37,40)(H,38,39)/t19-,20+,28+,29-/m1/s1. The first-order valence-corrected chi connectivity index (χ1v) is 15.8. The minimum Gasteiger partial charge on any atom is -0.496 e. The fourth-order valence-electron chi connectivity index (χ4n) is 6.53. The third kappa shape index (κ3) is 6.09. The van der Waals surface area contributed by atoms with E-state index in [1.54, 1.807) is 12.1 Å². The molecule has 5 rings (SSSR count). The van der Waals surface area contributed by atoms with E-state index in [-0.39, 0.29) is 34.4 Å². The zero-order chi connectivity index (χ0) is 32.7. The number of fused-ring (bicyclic) bond motifs is 2. The summed E-state index contributed by atoms with van der Waals surface area (Å²) in [5.74, 6) is -2.04. The number of carbonyl (C=O) groups is 2. The highest BCUT2D eigenvalue weighted by Crippen LogP contribution is 2.49. The molecule has 3 aromatic rings. The molecular formula is C32H32F4N2O6S. The molecule has 2 aliphatic rings. The Kier molecular flexibility index (Phi) is 8.85. The molecule has 0 aliphatic heterocycles. The van der Waals surface area contributed by atoms with E-state index in [2.05, 4.69) is 10.6 Å². The first-order valence-electron chi connectivity index (χ1n) is 14.4. The van der Waals surface area contributed by atoms with Crippen LogP contribution in [0.15, 0.2) is 59.5 Å². The van der Waals surface area contributed by atoms with Crippen LogP contribution in [-0.2, 0) is 21.1 Å². The number of nitrogens with one attached hydrogen (secondary N) is 2. The van der Waals surface area contributed by atoms with E-state index in [1.807, 2.05) is 13.0 Å². The van der Waals surface area contributed by atoms with E-state index in [4.69, 9.17) is 9.47 Å². The fourth-order valence-corrected chi connectivity index (χ4v) is 7.34. The lowest BCUT2D eigenvalue weighted by Crippen LogP contribution is -2.48. The number of hydrogen-bond acceptors (Lipinski definition) is 6. The van der Waals surface area contributed by atoms with E-state index in [1.165, 1.54) is 26.4 Å². The highest BCUT2D eigenvalue weighted by atomic mass is 32.2. The van der Waals surface area contributed by atoms with Crippen molar-refractivity contribution in [2.75, 3.05) is 19.5 Å². The lowest BCUT2D eigenvalue weighted by atomic mass is 9.83. The minimum atomic E-state index is -5.61. The molecule has 0 saturated heterocycles. The maximum Gasteiger partial charge on any atom is 0.501 e. The van der Waals surface area contributed by atoms with Gasteiger partial charge < -0.3 is 20.1 Å². The first-order chi connectivity index (χ1) is 21.3. The third-order valence-corrected chi connectivity index (χ3v) is 10.2. The van der Waals surface area contributed by atoms with Gasteiger partial charge in [0.25, 0.3) is 15.7 Å². The van der Waals surface area contributed by atoms with Crippen molar-refractivity contribution in [1.29, 1.82) is 0 Å². The molecule has 0 heterocycles. The summed E-state index contributed by atoms with van der Waals surface area (Å²) in [6.07, 6.45) is 2.84. The monoisotopic (exact) mass is 648 g/mol. The van der Waals surface area contributed by atoms with Gasteiger partial charge in [0.05, 0.1) is 30.6 Å². The number of alkyl halides is 3. The molecule has 2 fully saturated rings.